The van der Waals surface area contributed by atoms with Crippen LogP contribution in [0.5, 0.6) is 6.01 Å². The zero-order valence-corrected chi connectivity index (χ0v) is 11.5. The van der Waals surface area contributed by atoms with E-state index in [-0.39, 0.29) is 0 Å². The lowest BCUT2D eigenvalue weighted by Crippen LogP contribution is -2.38. The van der Waals surface area contributed by atoms with Gasteiger partial charge >= 0.3 is 6.01 Å². The fourth-order valence-corrected chi connectivity index (χ4v) is 3.15. The summed E-state index contributed by atoms with van der Waals surface area (Å²) in [5, 5.41) is 0.988. The molecule has 0 aromatic carbocycles. The molecule has 0 saturated carbocycles. The standard InChI is InChI=1S/C10H17N3OS2/c1-7-4-8(2)6-13(5-7)10-11-9(12-16-10)14-15-3/h7-8H,4-6H2,1-3H3. The molecule has 0 radical (unpaired) electrons. The summed E-state index contributed by atoms with van der Waals surface area (Å²) in [6, 6.07) is 0.485. The molecule has 1 aliphatic rings. The van der Waals surface area contributed by atoms with Crippen LogP contribution in [0.25, 0.3) is 0 Å². The summed E-state index contributed by atoms with van der Waals surface area (Å²) in [5.41, 5.74) is 0. The van der Waals surface area contributed by atoms with Crippen molar-refractivity contribution in [2.24, 2.45) is 11.8 Å². The van der Waals surface area contributed by atoms with Gasteiger partial charge < -0.3 is 9.08 Å². The van der Waals surface area contributed by atoms with E-state index in [0.29, 0.717) is 6.01 Å². The van der Waals surface area contributed by atoms with Crippen LogP contribution in [0.3, 0.4) is 0 Å². The molecule has 0 amide bonds. The van der Waals surface area contributed by atoms with Crippen LogP contribution < -0.4 is 9.08 Å². The highest BCUT2D eigenvalue weighted by atomic mass is 32.2. The maximum absolute atomic E-state index is 5.21. The first-order valence-electron chi connectivity index (χ1n) is 5.48. The van der Waals surface area contributed by atoms with Crippen molar-refractivity contribution in [2.75, 3.05) is 24.2 Å². The van der Waals surface area contributed by atoms with Gasteiger partial charge in [-0.3, -0.25) is 0 Å². The van der Waals surface area contributed by atoms with Crippen molar-refractivity contribution in [1.82, 2.24) is 9.36 Å². The van der Waals surface area contributed by atoms with E-state index in [1.165, 1.54) is 30.0 Å². The fraction of sp³-hybridized carbons (Fsp3) is 0.800. The van der Waals surface area contributed by atoms with E-state index in [9.17, 15) is 0 Å². The minimum atomic E-state index is 0.485. The zero-order chi connectivity index (χ0) is 11.5. The number of nitrogens with zero attached hydrogens (tertiary/aromatic N) is 3. The van der Waals surface area contributed by atoms with Gasteiger partial charge in [-0.25, -0.2) is 0 Å². The summed E-state index contributed by atoms with van der Waals surface area (Å²) in [5.74, 6) is 1.47. The third-order valence-corrected chi connectivity index (χ3v) is 3.77. The molecule has 1 aromatic heterocycles. The Balaban J connectivity index is 2.04. The lowest BCUT2D eigenvalue weighted by molar-refractivity contribution is 0.356. The molecule has 6 heteroatoms. The van der Waals surface area contributed by atoms with Crippen molar-refractivity contribution in [1.29, 1.82) is 0 Å². The molecule has 0 N–H and O–H groups in total. The van der Waals surface area contributed by atoms with Crippen LogP contribution in [0.1, 0.15) is 20.3 Å². The van der Waals surface area contributed by atoms with Crippen LogP contribution in [0.4, 0.5) is 5.13 Å². The van der Waals surface area contributed by atoms with Crippen molar-refractivity contribution in [3.8, 4) is 6.01 Å². The predicted molar refractivity (Wildman–Crippen MR) is 69.2 cm³/mol. The van der Waals surface area contributed by atoms with Crippen LogP contribution in [0, 0.1) is 11.8 Å². The van der Waals surface area contributed by atoms with Gasteiger partial charge in [-0.1, -0.05) is 13.8 Å². The molecule has 1 fully saturated rings. The average Bonchev–Trinajstić information content (AvgIpc) is 2.65. The Bertz CT molecular complexity index is 335. The minimum Gasteiger partial charge on any atom is -0.389 e. The molecule has 0 aliphatic carbocycles. The van der Waals surface area contributed by atoms with Crippen molar-refractivity contribution >= 4 is 28.7 Å². The molecule has 2 unspecified atom stereocenters. The third kappa shape index (κ3) is 2.79. The van der Waals surface area contributed by atoms with Crippen molar-refractivity contribution in [3.63, 3.8) is 0 Å². The summed E-state index contributed by atoms with van der Waals surface area (Å²) in [4.78, 5) is 6.71. The molecule has 1 aromatic rings. The van der Waals surface area contributed by atoms with Gasteiger partial charge in [0, 0.05) is 30.9 Å². The molecule has 2 rings (SSSR count). The van der Waals surface area contributed by atoms with Gasteiger partial charge in [0.05, 0.1) is 12.0 Å². The second-order valence-electron chi connectivity index (χ2n) is 4.46. The maximum atomic E-state index is 5.21. The lowest BCUT2D eigenvalue weighted by atomic mass is 9.92. The minimum absolute atomic E-state index is 0.485. The molecular formula is C10H17N3OS2. The van der Waals surface area contributed by atoms with Gasteiger partial charge in [0.2, 0.25) is 5.13 Å². The average molecular weight is 259 g/mol. The summed E-state index contributed by atoms with van der Waals surface area (Å²) in [6.07, 6.45) is 3.18. The number of hydrogen-bond acceptors (Lipinski definition) is 6. The largest absolute Gasteiger partial charge is 0.389 e. The second kappa shape index (κ2) is 5.23. The van der Waals surface area contributed by atoms with Crippen LogP contribution in [-0.2, 0) is 0 Å². The van der Waals surface area contributed by atoms with Crippen LogP contribution in [0.15, 0.2) is 0 Å². The van der Waals surface area contributed by atoms with Crippen molar-refractivity contribution in [2.45, 2.75) is 20.3 Å². The van der Waals surface area contributed by atoms with Gasteiger partial charge in [-0.05, 0) is 18.3 Å². The third-order valence-electron chi connectivity index (χ3n) is 2.69. The molecule has 1 saturated heterocycles. The normalized spacial score (nSPS) is 25.8. The lowest BCUT2D eigenvalue weighted by Gasteiger charge is -2.34. The Hall–Kier alpha value is -0.490. The molecule has 16 heavy (non-hydrogen) atoms. The first-order chi connectivity index (χ1) is 7.69. The molecule has 4 nitrogen and oxygen atoms in total. The van der Waals surface area contributed by atoms with Gasteiger partial charge in [0.15, 0.2) is 0 Å². The summed E-state index contributed by atoms with van der Waals surface area (Å²) in [6.45, 7) is 6.75. The number of hydrogen-bond donors (Lipinski definition) is 0. The van der Waals surface area contributed by atoms with Gasteiger partial charge in [0.1, 0.15) is 0 Å². The van der Waals surface area contributed by atoms with E-state index in [0.717, 1.165) is 30.1 Å². The van der Waals surface area contributed by atoms with E-state index in [4.69, 9.17) is 4.18 Å². The van der Waals surface area contributed by atoms with Gasteiger partial charge in [-0.2, -0.15) is 4.98 Å². The molecule has 90 valence electrons. The van der Waals surface area contributed by atoms with Crippen LogP contribution in [-0.4, -0.2) is 28.7 Å². The van der Waals surface area contributed by atoms with E-state index in [1.54, 1.807) is 0 Å². The van der Waals surface area contributed by atoms with Crippen molar-refractivity contribution < 1.29 is 4.18 Å². The SMILES string of the molecule is CSOc1nsc(N2CC(C)CC(C)C2)n1. The second-order valence-corrected chi connectivity index (χ2v) is 5.69. The van der Waals surface area contributed by atoms with Crippen LogP contribution >= 0.6 is 23.6 Å². The first kappa shape index (κ1) is 12.0. The Morgan fingerprint density at radius 2 is 2.06 bits per heavy atom. The highest BCUT2D eigenvalue weighted by molar-refractivity contribution is 7.94. The number of rotatable bonds is 3. The Kier molecular flexibility index (Phi) is 3.91. The number of aromatic nitrogens is 2. The summed E-state index contributed by atoms with van der Waals surface area (Å²) in [7, 11) is 0. The van der Waals surface area contributed by atoms with Gasteiger partial charge in [0.25, 0.3) is 0 Å². The molecule has 2 atom stereocenters. The van der Waals surface area contributed by atoms with E-state index in [1.807, 2.05) is 6.26 Å². The zero-order valence-electron chi connectivity index (χ0n) is 9.84. The first-order valence-corrected chi connectivity index (χ1v) is 7.40. The van der Waals surface area contributed by atoms with Crippen molar-refractivity contribution in [3.05, 3.63) is 0 Å². The smallest absolute Gasteiger partial charge is 0.342 e. The number of piperidine rings is 1. The topological polar surface area (TPSA) is 38.2 Å². The fourth-order valence-electron chi connectivity index (χ4n) is 2.26. The molecule has 1 aliphatic heterocycles. The maximum Gasteiger partial charge on any atom is 0.342 e. The Labute approximate surface area is 105 Å². The molecule has 0 spiro atoms. The monoisotopic (exact) mass is 259 g/mol. The quantitative estimate of drug-likeness (QED) is 0.780. The summed E-state index contributed by atoms with van der Waals surface area (Å²) >= 11 is 2.71. The van der Waals surface area contributed by atoms with E-state index >= 15 is 0 Å². The number of anilines is 1. The Morgan fingerprint density at radius 3 is 2.69 bits per heavy atom. The highest BCUT2D eigenvalue weighted by Gasteiger charge is 2.24. The Morgan fingerprint density at radius 1 is 1.38 bits per heavy atom. The molecular weight excluding hydrogens is 242 g/mol. The van der Waals surface area contributed by atoms with E-state index < -0.39 is 0 Å². The molecule has 0 bridgehead atoms. The highest BCUT2D eigenvalue weighted by Crippen LogP contribution is 2.29. The summed E-state index contributed by atoms with van der Waals surface area (Å²) < 4.78 is 9.39. The van der Waals surface area contributed by atoms with E-state index in [2.05, 4.69) is 28.1 Å². The predicted octanol–water partition coefficient (Wildman–Crippen LogP) is 2.68. The van der Waals surface area contributed by atoms with Gasteiger partial charge in [-0.15, -0.1) is 4.37 Å². The molecule has 2 heterocycles. The van der Waals surface area contributed by atoms with Crippen LogP contribution in [0.2, 0.25) is 0 Å².